The smallest absolute Gasteiger partial charge is 0.0439 e. The van der Waals surface area contributed by atoms with Crippen molar-refractivity contribution in [2.75, 3.05) is 7.05 Å². The van der Waals surface area contributed by atoms with Gasteiger partial charge in [-0.3, -0.25) is 0 Å². The molecule has 20 heavy (non-hydrogen) atoms. The van der Waals surface area contributed by atoms with E-state index in [1.165, 1.54) is 5.56 Å². The van der Waals surface area contributed by atoms with Crippen molar-refractivity contribution >= 4 is 34.8 Å². The van der Waals surface area contributed by atoms with Crippen LogP contribution in [0.25, 0.3) is 0 Å². The Hall–Kier alpha value is -0.730. The van der Waals surface area contributed by atoms with Crippen LogP contribution in [-0.4, -0.2) is 7.05 Å². The van der Waals surface area contributed by atoms with E-state index in [2.05, 4.69) is 11.4 Å². The number of benzene rings is 2. The Kier molecular flexibility index (Phi) is 5.34. The lowest BCUT2D eigenvalue weighted by molar-refractivity contribution is 0.589. The summed E-state index contributed by atoms with van der Waals surface area (Å²) in [6.45, 7) is 2.03. The molecule has 0 saturated heterocycles. The molecular weight excluding hydrogens is 313 g/mol. The quantitative estimate of drug-likeness (QED) is 0.786. The molecule has 2 aromatic rings. The van der Waals surface area contributed by atoms with E-state index < -0.39 is 0 Å². The van der Waals surface area contributed by atoms with Crippen LogP contribution in [0.1, 0.15) is 22.7 Å². The first-order chi connectivity index (χ1) is 9.52. The van der Waals surface area contributed by atoms with E-state index in [4.69, 9.17) is 34.8 Å². The van der Waals surface area contributed by atoms with Gasteiger partial charge in [-0.25, -0.2) is 0 Å². The fourth-order valence-corrected chi connectivity index (χ4v) is 2.86. The predicted octanol–water partition coefficient (Wildman–Crippen LogP) is 5.46. The Morgan fingerprint density at radius 2 is 1.80 bits per heavy atom. The van der Waals surface area contributed by atoms with Crippen molar-refractivity contribution < 1.29 is 0 Å². The summed E-state index contributed by atoms with van der Waals surface area (Å²) in [5, 5.41) is 5.53. The van der Waals surface area contributed by atoms with Crippen molar-refractivity contribution in [3.63, 3.8) is 0 Å². The van der Waals surface area contributed by atoms with Crippen molar-refractivity contribution in [1.29, 1.82) is 0 Å². The minimum atomic E-state index is 0.143. The highest BCUT2D eigenvalue weighted by Gasteiger charge is 2.15. The molecule has 0 aliphatic rings. The Balaban J connectivity index is 2.34. The minimum absolute atomic E-state index is 0.143. The maximum Gasteiger partial charge on any atom is 0.0439 e. The fraction of sp³-hybridized carbons (Fsp3) is 0.250. The molecule has 4 heteroatoms. The number of hydrogen-bond acceptors (Lipinski definition) is 1. The Morgan fingerprint density at radius 1 is 1.05 bits per heavy atom. The number of likely N-dealkylation sites (N-methyl/N-ethyl adjacent to an activating group) is 1. The summed E-state index contributed by atoms with van der Waals surface area (Å²) in [5.41, 5.74) is 3.29. The summed E-state index contributed by atoms with van der Waals surface area (Å²) < 4.78 is 0. The molecule has 1 N–H and O–H groups in total. The van der Waals surface area contributed by atoms with Gasteiger partial charge in [0, 0.05) is 21.1 Å². The van der Waals surface area contributed by atoms with Crippen molar-refractivity contribution in [3.8, 4) is 0 Å². The summed E-state index contributed by atoms with van der Waals surface area (Å²) >= 11 is 18.5. The molecule has 1 nitrogen and oxygen atoms in total. The summed E-state index contributed by atoms with van der Waals surface area (Å²) in [5.74, 6) is 0. The van der Waals surface area contributed by atoms with E-state index in [0.717, 1.165) is 27.6 Å². The lowest BCUT2D eigenvalue weighted by Gasteiger charge is -2.20. The zero-order chi connectivity index (χ0) is 14.7. The molecule has 0 aliphatic heterocycles. The van der Waals surface area contributed by atoms with Gasteiger partial charge in [0.25, 0.3) is 0 Å². The molecule has 0 amide bonds. The van der Waals surface area contributed by atoms with Crippen LogP contribution in [-0.2, 0) is 6.42 Å². The molecule has 0 radical (unpaired) electrons. The van der Waals surface area contributed by atoms with Crippen LogP contribution in [0.5, 0.6) is 0 Å². The Morgan fingerprint density at radius 3 is 2.50 bits per heavy atom. The van der Waals surface area contributed by atoms with Gasteiger partial charge in [-0.05, 0) is 61.3 Å². The third-order valence-corrected chi connectivity index (χ3v) is 4.48. The number of nitrogens with one attached hydrogen (secondary N) is 1. The highest BCUT2D eigenvalue weighted by molar-refractivity contribution is 6.33. The van der Waals surface area contributed by atoms with Gasteiger partial charge in [0.05, 0.1) is 0 Å². The molecular formula is C16H16Cl3N. The van der Waals surface area contributed by atoms with Crippen LogP contribution in [0.2, 0.25) is 15.1 Å². The van der Waals surface area contributed by atoms with Crippen LogP contribution >= 0.6 is 34.8 Å². The molecule has 2 aromatic carbocycles. The van der Waals surface area contributed by atoms with Gasteiger partial charge in [0.2, 0.25) is 0 Å². The predicted molar refractivity (Wildman–Crippen MR) is 88.2 cm³/mol. The molecule has 0 heterocycles. The summed E-state index contributed by atoms with van der Waals surface area (Å²) in [6, 6.07) is 11.6. The monoisotopic (exact) mass is 327 g/mol. The molecule has 0 bridgehead atoms. The maximum atomic E-state index is 6.24. The number of hydrogen-bond donors (Lipinski definition) is 1. The Labute approximate surface area is 134 Å². The van der Waals surface area contributed by atoms with Crippen molar-refractivity contribution in [1.82, 2.24) is 5.32 Å². The van der Waals surface area contributed by atoms with Gasteiger partial charge in [0.15, 0.2) is 0 Å². The van der Waals surface area contributed by atoms with Gasteiger partial charge < -0.3 is 5.32 Å². The average Bonchev–Trinajstić information content (AvgIpc) is 2.43. The van der Waals surface area contributed by atoms with Crippen LogP contribution in [0, 0.1) is 6.92 Å². The van der Waals surface area contributed by atoms with Gasteiger partial charge in [-0.2, -0.15) is 0 Å². The van der Waals surface area contributed by atoms with Crippen molar-refractivity contribution in [2.45, 2.75) is 19.4 Å². The highest BCUT2D eigenvalue weighted by atomic mass is 35.5. The molecule has 1 unspecified atom stereocenters. The van der Waals surface area contributed by atoms with Crippen LogP contribution in [0.15, 0.2) is 36.4 Å². The van der Waals surface area contributed by atoms with E-state index in [1.54, 1.807) is 6.07 Å². The van der Waals surface area contributed by atoms with Gasteiger partial charge in [-0.1, -0.05) is 46.9 Å². The molecule has 0 fully saturated rings. The van der Waals surface area contributed by atoms with E-state index in [9.17, 15) is 0 Å². The largest absolute Gasteiger partial charge is 0.313 e. The zero-order valence-corrected chi connectivity index (χ0v) is 13.7. The van der Waals surface area contributed by atoms with E-state index >= 15 is 0 Å². The molecule has 2 rings (SSSR count). The first kappa shape index (κ1) is 15.7. The van der Waals surface area contributed by atoms with Crippen LogP contribution in [0.3, 0.4) is 0 Å². The minimum Gasteiger partial charge on any atom is -0.313 e. The zero-order valence-electron chi connectivity index (χ0n) is 11.4. The van der Waals surface area contributed by atoms with Crippen LogP contribution < -0.4 is 5.32 Å². The normalized spacial score (nSPS) is 12.4. The molecule has 106 valence electrons. The third kappa shape index (κ3) is 3.48. The molecule has 0 saturated carbocycles. The molecule has 1 atom stereocenters. The maximum absolute atomic E-state index is 6.24. The lowest BCUT2D eigenvalue weighted by atomic mass is 9.95. The van der Waals surface area contributed by atoms with Gasteiger partial charge in [-0.15, -0.1) is 0 Å². The fourth-order valence-electron chi connectivity index (χ4n) is 2.29. The Bertz CT molecular complexity index is 611. The SMILES string of the molecule is CNC(Cc1cc(Cl)ccc1Cl)c1cccc(Cl)c1C. The van der Waals surface area contributed by atoms with Crippen LogP contribution in [0.4, 0.5) is 0 Å². The summed E-state index contributed by atoms with van der Waals surface area (Å²) in [7, 11) is 1.93. The third-order valence-electron chi connectivity index (χ3n) is 3.47. The first-order valence-electron chi connectivity index (χ1n) is 6.39. The lowest BCUT2D eigenvalue weighted by Crippen LogP contribution is -2.20. The molecule has 0 aromatic heterocycles. The second-order valence-electron chi connectivity index (χ2n) is 4.74. The van der Waals surface area contributed by atoms with E-state index in [1.807, 2.05) is 38.2 Å². The summed E-state index contributed by atoms with van der Waals surface area (Å²) in [4.78, 5) is 0. The molecule has 0 aliphatic carbocycles. The average molecular weight is 329 g/mol. The highest BCUT2D eigenvalue weighted by Crippen LogP contribution is 2.29. The number of halogens is 3. The number of rotatable bonds is 4. The standard InChI is InChI=1S/C16H16Cl3N/c1-10-13(4-3-5-14(10)18)16(20-2)9-11-8-12(17)6-7-15(11)19/h3-8,16,20H,9H2,1-2H3. The van der Waals surface area contributed by atoms with E-state index in [-0.39, 0.29) is 6.04 Å². The van der Waals surface area contributed by atoms with Crippen molar-refractivity contribution in [3.05, 3.63) is 68.2 Å². The van der Waals surface area contributed by atoms with Gasteiger partial charge in [0.1, 0.15) is 0 Å². The van der Waals surface area contributed by atoms with Crippen molar-refractivity contribution in [2.24, 2.45) is 0 Å². The second kappa shape index (κ2) is 6.82. The molecule has 0 spiro atoms. The van der Waals surface area contributed by atoms with Gasteiger partial charge >= 0.3 is 0 Å². The second-order valence-corrected chi connectivity index (χ2v) is 5.99. The topological polar surface area (TPSA) is 12.0 Å². The first-order valence-corrected chi connectivity index (χ1v) is 7.52. The summed E-state index contributed by atoms with van der Waals surface area (Å²) in [6.07, 6.45) is 0.761. The van der Waals surface area contributed by atoms with E-state index in [0.29, 0.717) is 5.02 Å².